The van der Waals surface area contributed by atoms with Gasteiger partial charge in [0, 0.05) is 0 Å². The van der Waals surface area contributed by atoms with E-state index in [-0.39, 0.29) is 21.1 Å². The average molecular weight is 429 g/mol. The van der Waals surface area contributed by atoms with E-state index in [9.17, 15) is 0 Å². The molecule has 0 spiro atoms. The molecule has 0 saturated carbocycles. The third kappa shape index (κ3) is 8.35. The molecule has 0 aromatic heterocycles. The van der Waals surface area contributed by atoms with E-state index in [4.69, 9.17) is 0 Å². The van der Waals surface area contributed by atoms with Crippen molar-refractivity contribution in [3.8, 4) is 0 Å². The summed E-state index contributed by atoms with van der Waals surface area (Å²) in [6.07, 6.45) is 5.60. The number of benzene rings is 2. The van der Waals surface area contributed by atoms with Crippen LogP contribution in [0.25, 0.3) is 0 Å². The molecular formula is C18H18Pt. The van der Waals surface area contributed by atoms with E-state index < -0.39 is 0 Å². The first-order valence-electron chi connectivity index (χ1n) is 5.99. The van der Waals surface area contributed by atoms with E-state index in [1.807, 2.05) is 60.7 Å². The summed E-state index contributed by atoms with van der Waals surface area (Å²) >= 11 is 0. The van der Waals surface area contributed by atoms with E-state index >= 15 is 0 Å². The molecule has 0 nitrogen and oxygen atoms in total. The molecule has 0 unspecified atom stereocenters. The summed E-state index contributed by atoms with van der Waals surface area (Å²) in [4.78, 5) is 0. The second-order valence-corrected chi connectivity index (χ2v) is 3.76. The van der Waals surface area contributed by atoms with Crippen LogP contribution in [-0.4, -0.2) is 0 Å². The van der Waals surface area contributed by atoms with Crippen LogP contribution in [-0.2, 0) is 33.9 Å². The molecule has 0 N–H and O–H groups in total. The second-order valence-electron chi connectivity index (χ2n) is 3.76. The SMILES string of the molecule is C=CCc1[c-]cccc1.C=CCc1[c-]cccc1.[Pt+2]. The predicted molar refractivity (Wildman–Crippen MR) is 78.4 cm³/mol. The zero-order chi connectivity index (χ0) is 13.1. The molecule has 19 heavy (non-hydrogen) atoms. The maximum atomic E-state index is 3.64. The Kier molecular flexibility index (Phi) is 10.8. The fraction of sp³-hybridized carbons (Fsp3) is 0.111. The third-order valence-electron chi connectivity index (χ3n) is 2.28. The van der Waals surface area contributed by atoms with Crippen LogP contribution in [0.3, 0.4) is 0 Å². The second kappa shape index (κ2) is 11.7. The van der Waals surface area contributed by atoms with Crippen LogP contribution in [0.5, 0.6) is 0 Å². The Balaban J connectivity index is 0.000000324. The largest absolute Gasteiger partial charge is 2.00 e. The van der Waals surface area contributed by atoms with Crippen LogP contribution in [0.1, 0.15) is 11.1 Å². The summed E-state index contributed by atoms with van der Waals surface area (Å²) in [5.41, 5.74) is 2.40. The van der Waals surface area contributed by atoms with Crippen molar-refractivity contribution in [1.29, 1.82) is 0 Å². The van der Waals surface area contributed by atoms with Gasteiger partial charge in [0.2, 0.25) is 0 Å². The molecule has 0 saturated heterocycles. The van der Waals surface area contributed by atoms with E-state index in [1.165, 1.54) is 11.1 Å². The molecule has 0 radical (unpaired) electrons. The normalized spacial score (nSPS) is 8.42. The zero-order valence-corrected chi connectivity index (χ0v) is 13.2. The van der Waals surface area contributed by atoms with Crippen molar-refractivity contribution in [3.63, 3.8) is 0 Å². The van der Waals surface area contributed by atoms with E-state index in [0.717, 1.165) is 12.8 Å². The molecule has 0 fully saturated rings. The zero-order valence-electron chi connectivity index (χ0n) is 10.9. The minimum atomic E-state index is 0. The Bertz CT molecular complexity index is 400. The minimum absolute atomic E-state index is 0. The van der Waals surface area contributed by atoms with Gasteiger partial charge in [-0.3, -0.25) is 0 Å². The molecule has 1 heteroatoms. The fourth-order valence-electron chi connectivity index (χ4n) is 1.43. The molecule has 0 atom stereocenters. The van der Waals surface area contributed by atoms with Crippen LogP contribution in [0, 0.1) is 12.1 Å². The van der Waals surface area contributed by atoms with E-state index in [2.05, 4.69) is 25.3 Å². The Morgan fingerprint density at radius 1 is 0.789 bits per heavy atom. The van der Waals surface area contributed by atoms with Gasteiger partial charge in [-0.25, -0.2) is 0 Å². The Morgan fingerprint density at radius 3 is 1.47 bits per heavy atom. The first-order valence-corrected chi connectivity index (χ1v) is 5.99. The van der Waals surface area contributed by atoms with Gasteiger partial charge in [0.05, 0.1) is 0 Å². The molecule has 0 heterocycles. The molecule has 0 aliphatic carbocycles. The van der Waals surface area contributed by atoms with Crippen molar-refractivity contribution >= 4 is 0 Å². The molecule has 0 bridgehead atoms. The summed E-state index contributed by atoms with van der Waals surface area (Å²) in [6, 6.07) is 22.1. The van der Waals surface area contributed by atoms with Crippen molar-refractivity contribution in [1.82, 2.24) is 0 Å². The van der Waals surface area contributed by atoms with Gasteiger partial charge in [-0.1, -0.05) is 12.2 Å². The van der Waals surface area contributed by atoms with Crippen molar-refractivity contribution in [2.75, 3.05) is 0 Å². The van der Waals surface area contributed by atoms with Gasteiger partial charge in [-0.2, -0.15) is 71.8 Å². The summed E-state index contributed by atoms with van der Waals surface area (Å²) in [5.74, 6) is 0. The number of hydrogen-bond donors (Lipinski definition) is 0. The summed E-state index contributed by atoms with van der Waals surface area (Å²) in [5, 5.41) is 0. The van der Waals surface area contributed by atoms with Crippen molar-refractivity contribution in [2.24, 2.45) is 0 Å². The van der Waals surface area contributed by atoms with Gasteiger partial charge >= 0.3 is 21.1 Å². The summed E-state index contributed by atoms with van der Waals surface area (Å²) in [7, 11) is 0. The minimum Gasteiger partial charge on any atom is -0.180 e. The van der Waals surface area contributed by atoms with Gasteiger partial charge in [0.1, 0.15) is 0 Å². The first kappa shape index (κ1) is 17.6. The van der Waals surface area contributed by atoms with Gasteiger partial charge in [0.15, 0.2) is 0 Å². The monoisotopic (exact) mass is 429 g/mol. The first-order chi connectivity index (χ1) is 8.86. The van der Waals surface area contributed by atoms with Crippen molar-refractivity contribution in [3.05, 3.63) is 97.1 Å². The summed E-state index contributed by atoms with van der Waals surface area (Å²) in [6.45, 7) is 7.27. The van der Waals surface area contributed by atoms with Gasteiger partial charge < -0.3 is 0 Å². The molecule has 0 amide bonds. The van der Waals surface area contributed by atoms with E-state index in [0.29, 0.717) is 0 Å². The predicted octanol–water partition coefficient (Wildman–Crippen LogP) is 4.43. The topological polar surface area (TPSA) is 0 Å². The molecular weight excluding hydrogens is 411 g/mol. The molecule has 2 aromatic carbocycles. The average Bonchev–Trinajstić information content (AvgIpc) is 2.43. The van der Waals surface area contributed by atoms with Crippen LogP contribution >= 0.6 is 0 Å². The number of hydrogen-bond acceptors (Lipinski definition) is 0. The van der Waals surface area contributed by atoms with Gasteiger partial charge in [-0.15, -0.1) is 13.2 Å². The Labute approximate surface area is 131 Å². The molecule has 0 aliphatic heterocycles. The van der Waals surface area contributed by atoms with Crippen molar-refractivity contribution < 1.29 is 21.1 Å². The maximum Gasteiger partial charge on any atom is 2.00 e. The van der Waals surface area contributed by atoms with Crippen LogP contribution in [0.15, 0.2) is 73.8 Å². The number of rotatable bonds is 4. The fourth-order valence-corrected chi connectivity index (χ4v) is 1.43. The molecule has 2 rings (SSSR count). The Hall–Kier alpha value is -1.39. The van der Waals surface area contributed by atoms with Crippen LogP contribution in [0.4, 0.5) is 0 Å². The van der Waals surface area contributed by atoms with Gasteiger partial charge in [0.25, 0.3) is 0 Å². The van der Waals surface area contributed by atoms with Crippen molar-refractivity contribution in [2.45, 2.75) is 12.8 Å². The standard InChI is InChI=1S/2C9H9.Pt/c2*1-2-6-9-7-4-3-5-8-9;/h2*2-5,7H,1,6H2;/q2*-1;+2. The molecule has 2 aromatic rings. The molecule has 100 valence electrons. The molecule has 0 aliphatic rings. The maximum absolute atomic E-state index is 3.64. The number of allylic oxidation sites excluding steroid dienone is 2. The summed E-state index contributed by atoms with van der Waals surface area (Å²) < 4.78 is 0. The van der Waals surface area contributed by atoms with E-state index in [1.54, 1.807) is 0 Å². The Morgan fingerprint density at radius 2 is 1.21 bits per heavy atom. The quantitative estimate of drug-likeness (QED) is 0.499. The smallest absolute Gasteiger partial charge is 0.180 e. The van der Waals surface area contributed by atoms with Crippen LogP contribution in [0.2, 0.25) is 0 Å². The third-order valence-corrected chi connectivity index (χ3v) is 2.28. The van der Waals surface area contributed by atoms with Gasteiger partial charge in [-0.05, 0) is 12.8 Å². The van der Waals surface area contributed by atoms with Crippen LogP contribution < -0.4 is 0 Å².